The number of anilines is 1. The smallest absolute Gasteiger partial charge is 0.341 e. The summed E-state index contributed by atoms with van der Waals surface area (Å²) in [6, 6.07) is -0.319. The van der Waals surface area contributed by atoms with Gasteiger partial charge in [0.1, 0.15) is 5.00 Å². The Labute approximate surface area is 181 Å². The molecule has 4 amide bonds. The second-order valence-electron chi connectivity index (χ2n) is 7.74. The second kappa shape index (κ2) is 10.7. The lowest BCUT2D eigenvalue weighted by Crippen LogP contribution is -2.46. The van der Waals surface area contributed by atoms with E-state index in [1.165, 1.54) is 16.2 Å². The van der Waals surface area contributed by atoms with Crippen LogP contribution in [0.2, 0.25) is 0 Å². The van der Waals surface area contributed by atoms with Crippen molar-refractivity contribution < 1.29 is 19.1 Å². The molecule has 0 atom stereocenters. The van der Waals surface area contributed by atoms with E-state index in [0.29, 0.717) is 49.3 Å². The van der Waals surface area contributed by atoms with Crippen molar-refractivity contribution in [3.05, 3.63) is 16.0 Å². The highest BCUT2D eigenvalue weighted by Gasteiger charge is 2.28. The summed E-state index contributed by atoms with van der Waals surface area (Å²) in [7, 11) is 0. The van der Waals surface area contributed by atoms with E-state index in [1.807, 2.05) is 11.8 Å². The molecule has 1 aromatic heterocycles. The summed E-state index contributed by atoms with van der Waals surface area (Å²) < 4.78 is 5.24. The first kappa shape index (κ1) is 22.4. The predicted octanol–water partition coefficient (Wildman–Crippen LogP) is 3.37. The van der Waals surface area contributed by atoms with Crippen molar-refractivity contribution >= 4 is 34.4 Å². The van der Waals surface area contributed by atoms with Gasteiger partial charge in [-0.3, -0.25) is 5.32 Å². The van der Waals surface area contributed by atoms with Gasteiger partial charge in [-0.1, -0.05) is 0 Å². The van der Waals surface area contributed by atoms with Crippen molar-refractivity contribution in [3.63, 3.8) is 0 Å². The van der Waals surface area contributed by atoms with Gasteiger partial charge in [0.05, 0.1) is 12.2 Å². The number of rotatable bonds is 6. The number of carbonyl (C=O) groups excluding carboxylic acids is 3. The third-order valence-corrected chi connectivity index (χ3v) is 6.87. The van der Waals surface area contributed by atoms with Gasteiger partial charge >= 0.3 is 18.0 Å². The number of likely N-dealkylation sites (tertiary alicyclic amines) is 1. The van der Waals surface area contributed by atoms with E-state index < -0.39 is 0 Å². The SMILES string of the molecule is CCNC(=O)N1CCC(CNC(=O)Nc2sc3c(c2C(=O)OCC)CCCC3)CC1. The molecular weight excluding hydrogens is 404 g/mol. The van der Waals surface area contributed by atoms with Crippen LogP contribution in [0.4, 0.5) is 14.6 Å². The molecule has 166 valence electrons. The zero-order chi connectivity index (χ0) is 21.5. The van der Waals surface area contributed by atoms with Gasteiger partial charge in [0.15, 0.2) is 0 Å². The Hall–Kier alpha value is -2.29. The summed E-state index contributed by atoms with van der Waals surface area (Å²) in [5.41, 5.74) is 1.57. The van der Waals surface area contributed by atoms with Crippen LogP contribution >= 0.6 is 11.3 Å². The molecular formula is C21H32N4O4S. The average Bonchev–Trinajstić information content (AvgIpc) is 3.10. The lowest BCUT2D eigenvalue weighted by molar-refractivity contribution is 0.0526. The van der Waals surface area contributed by atoms with Gasteiger partial charge in [-0.2, -0.15) is 0 Å². The van der Waals surface area contributed by atoms with Gasteiger partial charge in [0.2, 0.25) is 0 Å². The van der Waals surface area contributed by atoms with Gasteiger partial charge < -0.3 is 20.3 Å². The molecule has 3 rings (SSSR count). The van der Waals surface area contributed by atoms with Crippen LogP contribution in [0.5, 0.6) is 0 Å². The summed E-state index contributed by atoms with van der Waals surface area (Å²) in [6.45, 7) is 6.58. The van der Waals surface area contributed by atoms with Crippen LogP contribution in [-0.2, 0) is 17.6 Å². The Morgan fingerprint density at radius 1 is 1.10 bits per heavy atom. The largest absolute Gasteiger partial charge is 0.462 e. The highest BCUT2D eigenvalue weighted by atomic mass is 32.1. The van der Waals surface area contributed by atoms with E-state index in [4.69, 9.17) is 4.74 Å². The highest BCUT2D eigenvalue weighted by molar-refractivity contribution is 7.17. The topological polar surface area (TPSA) is 99.8 Å². The first-order chi connectivity index (χ1) is 14.5. The molecule has 8 nitrogen and oxygen atoms in total. The minimum Gasteiger partial charge on any atom is -0.462 e. The summed E-state index contributed by atoms with van der Waals surface area (Å²) in [5, 5.41) is 9.23. The normalized spacial score (nSPS) is 16.5. The van der Waals surface area contributed by atoms with E-state index in [-0.39, 0.29) is 18.0 Å². The fourth-order valence-corrected chi connectivity index (χ4v) is 5.33. The van der Waals surface area contributed by atoms with Gasteiger partial charge in [0, 0.05) is 31.1 Å². The number of aryl methyl sites for hydroxylation is 1. The molecule has 1 aromatic rings. The average molecular weight is 437 g/mol. The van der Waals surface area contributed by atoms with Crippen molar-refractivity contribution in [3.8, 4) is 0 Å². The molecule has 1 fully saturated rings. The highest BCUT2D eigenvalue weighted by Crippen LogP contribution is 2.38. The molecule has 0 radical (unpaired) electrons. The van der Waals surface area contributed by atoms with E-state index in [0.717, 1.165) is 44.1 Å². The van der Waals surface area contributed by atoms with E-state index >= 15 is 0 Å². The number of ether oxygens (including phenoxy) is 1. The van der Waals surface area contributed by atoms with Gasteiger partial charge in [-0.05, 0) is 63.9 Å². The minimum absolute atomic E-state index is 0.0187. The number of hydrogen-bond acceptors (Lipinski definition) is 5. The number of hydrogen-bond donors (Lipinski definition) is 3. The summed E-state index contributed by atoms with van der Waals surface area (Å²) >= 11 is 1.49. The van der Waals surface area contributed by atoms with Crippen LogP contribution in [0, 0.1) is 5.92 Å². The van der Waals surface area contributed by atoms with E-state index in [1.54, 1.807) is 6.92 Å². The molecule has 1 aliphatic carbocycles. The number of fused-ring (bicyclic) bond motifs is 1. The van der Waals surface area contributed by atoms with Gasteiger partial charge in [-0.15, -0.1) is 11.3 Å². The molecule has 1 saturated heterocycles. The molecule has 1 aliphatic heterocycles. The van der Waals surface area contributed by atoms with Crippen LogP contribution in [-0.4, -0.2) is 55.7 Å². The molecule has 9 heteroatoms. The van der Waals surface area contributed by atoms with Crippen LogP contribution in [0.1, 0.15) is 60.3 Å². The molecule has 0 bridgehead atoms. The Morgan fingerprint density at radius 3 is 2.53 bits per heavy atom. The third kappa shape index (κ3) is 5.44. The number of nitrogens with one attached hydrogen (secondary N) is 3. The van der Waals surface area contributed by atoms with Gasteiger partial charge in [-0.25, -0.2) is 14.4 Å². The first-order valence-corrected chi connectivity index (χ1v) is 11.7. The monoisotopic (exact) mass is 436 g/mol. The second-order valence-corrected chi connectivity index (χ2v) is 8.84. The van der Waals surface area contributed by atoms with Crippen LogP contribution in [0.15, 0.2) is 0 Å². The Kier molecular flexibility index (Phi) is 7.95. The number of esters is 1. The lowest BCUT2D eigenvalue weighted by Gasteiger charge is -2.32. The van der Waals surface area contributed by atoms with Crippen molar-refractivity contribution in [2.24, 2.45) is 5.92 Å². The number of carbonyl (C=O) groups is 3. The Morgan fingerprint density at radius 2 is 1.83 bits per heavy atom. The maximum absolute atomic E-state index is 12.5. The summed E-state index contributed by atoms with van der Waals surface area (Å²) in [4.78, 5) is 39.9. The standard InChI is InChI=1S/C21H32N4O4S/c1-3-22-21(28)25-11-9-14(10-12-25)13-23-20(27)24-18-17(19(26)29-4-2)15-7-5-6-8-16(15)30-18/h14H,3-13H2,1-2H3,(H,22,28)(H2,23,24,27). The van der Waals surface area contributed by atoms with Crippen molar-refractivity contribution in [1.29, 1.82) is 0 Å². The van der Waals surface area contributed by atoms with Crippen molar-refractivity contribution in [2.45, 2.75) is 52.4 Å². The fraction of sp³-hybridized carbons (Fsp3) is 0.667. The number of nitrogens with zero attached hydrogens (tertiary/aromatic N) is 1. The number of piperidine rings is 1. The van der Waals surface area contributed by atoms with E-state index in [9.17, 15) is 14.4 Å². The summed E-state index contributed by atoms with van der Waals surface area (Å²) in [5.74, 6) is -0.0209. The van der Waals surface area contributed by atoms with Crippen molar-refractivity contribution in [2.75, 3.05) is 38.1 Å². The van der Waals surface area contributed by atoms with Crippen molar-refractivity contribution in [1.82, 2.24) is 15.5 Å². The zero-order valence-electron chi connectivity index (χ0n) is 17.8. The quantitative estimate of drug-likeness (QED) is 0.595. The van der Waals surface area contributed by atoms with Gasteiger partial charge in [0.25, 0.3) is 0 Å². The Balaban J connectivity index is 1.54. The lowest BCUT2D eigenvalue weighted by atomic mass is 9.95. The Bertz CT molecular complexity index is 771. The van der Waals surface area contributed by atoms with Crippen LogP contribution in [0.3, 0.4) is 0 Å². The minimum atomic E-state index is -0.357. The molecule has 0 unspecified atom stereocenters. The molecule has 3 N–H and O–H groups in total. The molecule has 2 heterocycles. The fourth-order valence-electron chi connectivity index (χ4n) is 4.06. The molecule has 0 aromatic carbocycles. The summed E-state index contributed by atoms with van der Waals surface area (Å²) in [6.07, 6.45) is 5.68. The van der Waals surface area contributed by atoms with E-state index in [2.05, 4.69) is 16.0 Å². The number of urea groups is 2. The van der Waals surface area contributed by atoms with Crippen LogP contribution in [0.25, 0.3) is 0 Å². The molecule has 0 spiro atoms. The third-order valence-electron chi connectivity index (χ3n) is 5.66. The maximum Gasteiger partial charge on any atom is 0.341 e. The maximum atomic E-state index is 12.5. The first-order valence-electron chi connectivity index (χ1n) is 10.9. The molecule has 2 aliphatic rings. The molecule has 30 heavy (non-hydrogen) atoms. The molecule has 0 saturated carbocycles. The number of thiophene rings is 1. The predicted molar refractivity (Wildman–Crippen MR) is 117 cm³/mol. The number of amides is 4. The van der Waals surface area contributed by atoms with Crippen LogP contribution < -0.4 is 16.0 Å². The zero-order valence-corrected chi connectivity index (χ0v) is 18.7.